The van der Waals surface area contributed by atoms with Gasteiger partial charge in [0.1, 0.15) is 10.9 Å². The normalized spacial score (nSPS) is 20.4. The molecule has 416 valence electrons. The largest absolute Gasteiger partial charge is 0.404 e. The topological polar surface area (TPSA) is 224 Å². The third-order valence-corrected chi connectivity index (χ3v) is 18.7. The minimum atomic E-state index is -5.35. The summed E-state index contributed by atoms with van der Waals surface area (Å²) in [6.07, 6.45) is 4.54. The highest BCUT2D eigenvalue weighted by atomic mass is 32.2. The molecule has 5 aromatic rings. The number of aryl methyl sites for hydroxylation is 1. The number of hydrazine groups is 1. The van der Waals surface area contributed by atoms with Crippen LogP contribution in [-0.2, 0) is 33.7 Å². The fourth-order valence-electron chi connectivity index (χ4n) is 10.9. The number of hydrogen-bond acceptors (Lipinski definition) is 13. The van der Waals surface area contributed by atoms with Gasteiger partial charge >= 0.3 is 19.4 Å². The van der Waals surface area contributed by atoms with E-state index in [-0.39, 0.29) is 87.6 Å². The van der Waals surface area contributed by atoms with Crippen LogP contribution in [0.25, 0.3) is 21.7 Å². The molecule has 23 heteroatoms. The molecule has 0 radical (unpaired) electrons. The molecule has 5 heterocycles. The lowest BCUT2D eigenvalue weighted by molar-refractivity contribution is -0.752. The number of carbonyl (C=O) groups excluding carboxylic acids is 5. The van der Waals surface area contributed by atoms with E-state index < -0.39 is 73.5 Å². The maximum Gasteiger partial charge on any atom is 0.404 e. The number of halogens is 2. The SMILES string of the molecule is Cc1ccc2[nH]nc(C(=O)N3CC[C@H]4CC[C@@H]([N+](=O)N5CC(c6cc[nH]c(=O)c6)CC56CC6)N4C(=O)[C@@H](NC(=O)c4ccc5ccc(C(F)(F)P(=O)(OCCSC(=O)CC(C)C)OCCSC(=O)CC(C)C)cc5c4)C3)c2c1. The fourth-order valence-corrected chi connectivity index (χ4v) is 14.4. The Morgan fingerprint density at radius 3 is 2.24 bits per heavy atom. The Kier molecular flexibility index (Phi) is 17.1. The Labute approximate surface area is 458 Å². The smallest absolute Gasteiger partial charge is 0.339 e. The maximum atomic E-state index is 16.8. The quantitative estimate of drug-likeness (QED) is 0.0375. The Hall–Kier alpha value is -5.80. The highest BCUT2D eigenvalue weighted by Gasteiger charge is 2.64. The Morgan fingerprint density at radius 2 is 1.58 bits per heavy atom. The number of pyridine rings is 1. The van der Waals surface area contributed by atoms with E-state index in [1.165, 1.54) is 23.1 Å². The van der Waals surface area contributed by atoms with Crippen LogP contribution in [0.5, 0.6) is 0 Å². The number of benzene rings is 3. The van der Waals surface area contributed by atoms with E-state index in [1.54, 1.807) is 23.2 Å². The molecule has 3 N–H and O–H groups in total. The first-order chi connectivity index (χ1) is 37.1. The van der Waals surface area contributed by atoms with E-state index in [4.69, 9.17) is 9.05 Å². The van der Waals surface area contributed by atoms with Crippen LogP contribution in [0.3, 0.4) is 0 Å². The van der Waals surface area contributed by atoms with Crippen molar-refractivity contribution in [1.29, 1.82) is 0 Å². The second-order valence-electron chi connectivity index (χ2n) is 21.8. The van der Waals surface area contributed by atoms with Crippen LogP contribution in [-0.4, -0.2) is 131 Å². The maximum absolute atomic E-state index is 16.8. The molecule has 4 aliphatic rings. The van der Waals surface area contributed by atoms with E-state index in [2.05, 4.69) is 20.5 Å². The van der Waals surface area contributed by atoms with Gasteiger partial charge in [-0.25, -0.2) is 0 Å². The van der Waals surface area contributed by atoms with Crippen molar-refractivity contribution < 1.29 is 51.2 Å². The van der Waals surface area contributed by atoms with Crippen molar-refractivity contribution >= 4 is 80.7 Å². The van der Waals surface area contributed by atoms with Crippen molar-refractivity contribution in [1.82, 2.24) is 35.3 Å². The predicted octanol–water partition coefficient (Wildman–Crippen LogP) is 9.28. The van der Waals surface area contributed by atoms with Gasteiger partial charge < -0.3 is 24.2 Å². The Balaban J connectivity index is 0.981. The predicted molar refractivity (Wildman–Crippen MR) is 294 cm³/mol. The highest BCUT2D eigenvalue weighted by molar-refractivity contribution is 8.13. The molecule has 2 aromatic heterocycles. The van der Waals surface area contributed by atoms with Gasteiger partial charge in [-0.15, -0.1) is 5.01 Å². The molecule has 3 aromatic carbocycles. The molecule has 0 bridgehead atoms. The molecule has 4 fully saturated rings. The van der Waals surface area contributed by atoms with Crippen molar-refractivity contribution in [3.63, 3.8) is 0 Å². The molecule has 1 unspecified atom stereocenters. The second kappa shape index (κ2) is 23.5. The molecule has 1 saturated carbocycles. The summed E-state index contributed by atoms with van der Waals surface area (Å²) in [6, 6.07) is 15.0. The van der Waals surface area contributed by atoms with Crippen LogP contribution in [0.4, 0.5) is 8.78 Å². The summed E-state index contributed by atoms with van der Waals surface area (Å²) in [5, 5.41) is 12.8. The summed E-state index contributed by atoms with van der Waals surface area (Å²) in [5.74, 6) is -1.86. The van der Waals surface area contributed by atoms with Gasteiger partial charge in [-0.2, -0.15) is 13.9 Å². The zero-order valence-corrected chi connectivity index (χ0v) is 46.9. The van der Waals surface area contributed by atoms with Gasteiger partial charge in [0.25, 0.3) is 17.7 Å². The zero-order chi connectivity index (χ0) is 55.7. The average Bonchev–Trinajstić information content (AvgIpc) is 3.69. The first-order valence-electron chi connectivity index (χ1n) is 26.6. The number of thioether (sulfide) groups is 2. The van der Waals surface area contributed by atoms with Crippen LogP contribution in [0.15, 0.2) is 77.7 Å². The standard InChI is InChI=1S/C55H65F2N8O10PS2/c1-33(2)24-48(67)77-22-20-74-76(73,75-21-23-78-49(68)25-34(3)4)55(56,57)41-10-9-36-7-8-38(27-39(36)28-41)51(69)59-45-32-62(53(71)50-43-26-35(5)6-12-44(43)60-61-50)19-15-42-11-13-47(64(42)52(45)70)65(72)63-31-40(30-54(63)16-17-54)37-14-18-58-46(66)29-37/h6-10,12,14,18,26-29,33-34,40,42,45,47H,11,13,15-17,19-25,30-32H2,1-5H3,(H2-,58,59,60,61,66,69,71)/p+1/t40?,42-,45+,47-/m1/s1. The molecular formula is C55H66F2N8O10PS2+. The van der Waals surface area contributed by atoms with Crippen LogP contribution in [0, 0.1) is 23.7 Å². The summed E-state index contributed by atoms with van der Waals surface area (Å²) >= 11 is 1.76. The van der Waals surface area contributed by atoms with Gasteiger partial charge in [0.05, 0.1) is 42.3 Å². The number of alkyl halides is 2. The Morgan fingerprint density at radius 1 is 0.885 bits per heavy atom. The monoisotopic (exact) mass is 1130 g/mol. The van der Waals surface area contributed by atoms with E-state index >= 15 is 13.6 Å². The molecule has 78 heavy (non-hydrogen) atoms. The van der Waals surface area contributed by atoms with Crippen molar-refractivity contribution in [2.24, 2.45) is 11.8 Å². The number of aromatic amines is 2. The molecule has 1 aliphatic carbocycles. The number of fused-ring (bicyclic) bond motifs is 3. The van der Waals surface area contributed by atoms with Crippen molar-refractivity contribution in [3.8, 4) is 0 Å². The minimum Gasteiger partial charge on any atom is -0.339 e. The third-order valence-electron chi connectivity index (χ3n) is 15.0. The number of H-pyrrole nitrogens is 2. The van der Waals surface area contributed by atoms with Gasteiger partial charge in [0.2, 0.25) is 5.56 Å². The van der Waals surface area contributed by atoms with Gasteiger partial charge in [0.15, 0.2) is 15.9 Å². The van der Waals surface area contributed by atoms with Crippen LogP contribution >= 0.6 is 31.1 Å². The zero-order valence-electron chi connectivity index (χ0n) is 44.3. The van der Waals surface area contributed by atoms with Crippen LogP contribution in [0.1, 0.15) is 123 Å². The first-order valence-corrected chi connectivity index (χ1v) is 30.1. The van der Waals surface area contributed by atoms with E-state index in [0.717, 1.165) is 64.5 Å². The number of amides is 3. The van der Waals surface area contributed by atoms with Crippen molar-refractivity contribution in [3.05, 3.63) is 116 Å². The van der Waals surface area contributed by atoms with Crippen LogP contribution in [0.2, 0.25) is 0 Å². The van der Waals surface area contributed by atoms with Gasteiger partial charge in [0, 0.05) is 78.0 Å². The van der Waals surface area contributed by atoms with Crippen molar-refractivity contribution in [2.45, 2.75) is 121 Å². The molecular weight excluding hydrogens is 1070 g/mol. The fraction of sp³-hybridized carbons (Fsp3) is 0.509. The molecule has 3 aliphatic heterocycles. The molecule has 3 amide bonds. The number of nitroso groups, excluding NO2 is 1. The van der Waals surface area contributed by atoms with E-state index in [9.17, 15) is 33.4 Å². The van der Waals surface area contributed by atoms with Gasteiger partial charge in [-0.05, 0) is 104 Å². The summed E-state index contributed by atoms with van der Waals surface area (Å²) in [6.45, 7) is 8.61. The lowest BCUT2D eigenvalue weighted by Crippen LogP contribution is -2.62. The molecule has 1 spiro atoms. The summed E-state index contributed by atoms with van der Waals surface area (Å²) in [4.78, 5) is 103. The summed E-state index contributed by atoms with van der Waals surface area (Å²) < 4.78 is 58.8. The lowest BCUT2D eigenvalue weighted by Gasteiger charge is -2.37. The van der Waals surface area contributed by atoms with Gasteiger partial charge in [-0.3, -0.25) is 43.3 Å². The van der Waals surface area contributed by atoms with Crippen molar-refractivity contribution in [2.75, 3.05) is 44.4 Å². The molecule has 9 rings (SSSR count). The minimum absolute atomic E-state index is 0.0233. The highest BCUT2D eigenvalue weighted by Crippen LogP contribution is 2.67. The van der Waals surface area contributed by atoms with E-state index in [0.29, 0.717) is 48.5 Å². The Bertz CT molecular complexity index is 3210. The number of aromatic nitrogens is 3. The van der Waals surface area contributed by atoms with E-state index in [1.807, 2.05) is 63.9 Å². The lowest BCUT2D eigenvalue weighted by atomic mass is 9.96. The first kappa shape index (κ1) is 56.9. The number of rotatable bonds is 20. The average molecular weight is 1130 g/mol. The number of carbonyl (C=O) groups is 5. The number of hydrogen-bond donors (Lipinski definition) is 3. The molecule has 18 nitrogen and oxygen atoms in total. The summed E-state index contributed by atoms with van der Waals surface area (Å²) in [5.41, 5.74) is -3.14. The third kappa shape index (κ3) is 12.3. The second-order valence-corrected chi connectivity index (χ2v) is 26.1. The summed E-state index contributed by atoms with van der Waals surface area (Å²) in [7, 11) is -5.35. The number of nitrogens with zero attached hydrogens (tertiary/aromatic N) is 5. The molecule has 3 saturated heterocycles. The van der Waals surface area contributed by atoms with Crippen LogP contribution < -0.4 is 10.9 Å². The number of nitrogens with one attached hydrogen (secondary N) is 3. The molecule has 4 atom stereocenters. The van der Waals surface area contributed by atoms with Gasteiger partial charge in [-0.1, -0.05) is 81.0 Å².